The molecule has 3 nitrogen and oxygen atoms in total. The minimum Gasteiger partial charge on any atom is -0.466 e. The van der Waals surface area contributed by atoms with Gasteiger partial charge in [0.1, 0.15) is 0 Å². The number of ether oxygens (including phenoxy) is 2. The summed E-state index contributed by atoms with van der Waals surface area (Å²) in [5, 5.41) is 0. The Morgan fingerprint density at radius 3 is 2.61 bits per heavy atom. The van der Waals surface area contributed by atoms with Gasteiger partial charge in [-0.05, 0) is 18.6 Å². The molecule has 1 aromatic rings. The lowest BCUT2D eigenvalue weighted by Gasteiger charge is -1.99. The quantitative estimate of drug-likeness (QED) is 0.440. The van der Waals surface area contributed by atoms with E-state index in [9.17, 15) is 4.79 Å². The summed E-state index contributed by atoms with van der Waals surface area (Å²) in [6, 6.07) is 10.0. The first-order chi connectivity index (χ1) is 8.74. The van der Waals surface area contributed by atoms with Crippen LogP contribution in [0.2, 0.25) is 0 Å². The number of hydrogen-bond acceptors (Lipinski definition) is 3. The summed E-state index contributed by atoms with van der Waals surface area (Å²) in [5.41, 5.74) is 1.70. The van der Waals surface area contributed by atoms with Crippen LogP contribution in [0.5, 0.6) is 0 Å². The molecule has 0 radical (unpaired) electrons. The maximum absolute atomic E-state index is 11.1. The van der Waals surface area contributed by atoms with Crippen molar-refractivity contribution in [1.82, 2.24) is 0 Å². The van der Waals surface area contributed by atoms with Crippen LogP contribution in [0.15, 0.2) is 48.1 Å². The van der Waals surface area contributed by atoms with Gasteiger partial charge in [-0.25, -0.2) is 4.79 Å². The van der Waals surface area contributed by atoms with Crippen LogP contribution in [-0.2, 0) is 14.3 Å². The van der Waals surface area contributed by atoms with Crippen LogP contribution in [0, 0.1) is 0 Å². The van der Waals surface area contributed by atoms with E-state index < -0.39 is 0 Å². The lowest BCUT2D eigenvalue weighted by Crippen LogP contribution is -2.03. The van der Waals surface area contributed by atoms with E-state index in [1.54, 1.807) is 13.0 Å². The number of esters is 1. The van der Waals surface area contributed by atoms with E-state index in [0.717, 1.165) is 5.56 Å². The Kier molecular flexibility index (Phi) is 6.51. The molecule has 1 aromatic carbocycles. The molecule has 0 aromatic heterocycles. The first kappa shape index (κ1) is 14.2. The molecule has 0 spiro atoms. The lowest BCUT2D eigenvalue weighted by molar-refractivity contribution is -0.136. The first-order valence-electron chi connectivity index (χ1n) is 5.78. The summed E-state index contributed by atoms with van der Waals surface area (Å²) in [4.78, 5) is 11.1. The topological polar surface area (TPSA) is 35.5 Å². The van der Waals surface area contributed by atoms with E-state index >= 15 is 0 Å². The van der Waals surface area contributed by atoms with Gasteiger partial charge in [-0.15, -0.1) is 0 Å². The van der Waals surface area contributed by atoms with Gasteiger partial charge in [0, 0.05) is 5.57 Å². The molecule has 96 valence electrons. The van der Waals surface area contributed by atoms with Gasteiger partial charge in [-0.3, -0.25) is 0 Å². The van der Waals surface area contributed by atoms with Crippen LogP contribution in [0.3, 0.4) is 0 Å². The zero-order valence-electron chi connectivity index (χ0n) is 10.8. The van der Waals surface area contributed by atoms with Crippen molar-refractivity contribution in [3.63, 3.8) is 0 Å². The maximum atomic E-state index is 11.1. The number of benzene rings is 1. The fourth-order valence-electron chi connectivity index (χ4n) is 1.31. The van der Waals surface area contributed by atoms with Crippen LogP contribution in [0.25, 0.3) is 6.08 Å². The SMILES string of the molecule is COC(=O)C(C)=CCOCC=Cc1ccccc1. The fourth-order valence-corrected chi connectivity index (χ4v) is 1.31. The average Bonchev–Trinajstić information content (AvgIpc) is 2.42. The van der Waals surface area contributed by atoms with Gasteiger partial charge in [-0.2, -0.15) is 0 Å². The van der Waals surface area contributed by atoms with Crippen molar-refractivity contribution in [2.24, 2.45) is 0 Å². The normalized spacial score (nSPS) is 11.8. The zero-order valence-corrected chi connectivity index (χ0v) is 10.8. The highest BCUT2D eigenvalue weighted by molar-refractivity contribution is 5.87. The highest BCUT2D eigenvalue weighted by Crippen LogP contribution is 2.00. The molecule has 0 aliphatic rings. The number of hydrogen-bond donors (Lipinski definition) is 0. The molecule has 0 aliphatic carbocycles. The molecule has 0 bridgehead atoms. The Morgan fingerprint density at radius 1 is 1.22 bits per heavy atom. The van der Waals surface area contributed by atoms with Gasteiger partial charge >= 0.3 is 5.97 Å². The highest BCUT2D eigenvalue weighted by Gasteiger charge is 2.00. The molecule has 0 unspecified atom stereocenters. The summed E-state index contributed by atoms with van der Waals surface area (Å²) in [7, 11) is 1.36. The van der Waals surface area contributed by atoms with Crippen molar-refractivity contribution >= 4 is 12.0 Å². The molecular formula is C15H18O3. The molecule has 3 heteroatoms. The van der Waals surface area contributed by atoms with E-state index in [1.165, 1.54) is 7.11 Å². The van der Waals surface area contributed by atoms with E-state index in [-0.39, 0.29) is 5.97 Å². The van der Waals surface area contributed by atoms with Gasteiger partial charge < -0.3 is 9.47 Å². The predicted octanol–water partition coefficient (Wildman–Crippen LogP) is 2.84. The van der Waals surface area contributed by atoms with Crippen LogP contribution < -0.4 is 0 Å². The first-order valence-corrected chi connectivity index (χ1v) is 5.78. The lowest BCUT2D eigenvalue weighted by atomic mass is 10.2. The predicted molar refractivity (Wildman–Crippen MR) is 72.1 cm³/mol. The van der Waals surface area contributed by atoms with E-state index in [4.69, 9.17) is 4.74 Å². The summed E-state index contributed by atoms with van der Waals surface area (Å²) >= 11 is 0. The van der Waals surface area contributed by atoms with Gasteiger partial charge in [0.2, 0.25) is 0 Å². The Hall–Kier alpha value is -1.87. The molecule has 0 heterocycles. The van der Waals surface area contributed by atoms with Gasteiger partial charge in [0.25, 0.3) is 0 Å². The average molecular weight is 246 g/mol. The second-order valence-electron chi connectivity index (χ2n) is 3.73. The van der Waals surface area contributed by atoms with Crippen molar-refractivity contribution in [2.45, 2.75) is 6.92 Å². The van der Waals surface area contributed by atoms with Gasteiger partial charge in [-0.1, -0.05) is 42.5 Å². The molecule has 0 saturated carbocycles. The molecule has 0 atom stereocenters. The van der Waals surface area contributed by atoms with Gasteiger partial charge in [0.05, 0.1) is 20.3 Å². The third-order valence-corrected chi connectivity index (χ3v) is 2.34. The highest BCUT2D eigenvalue weighted by atomic mass is 16.5. The van der Waals surface area contributed by atoms with E-state index in [2.05, 4.69) is 4.74 Å². The standard InChI is InChI=1S/C15H18O3/c1-13(15(16)17-2)10-12-18-11-6-9-14-7-4-3-5-8-14/h3-10H,11-12H2,1-2H3. The molecule has 0 aliphatic heterocycles. The number of rotatable bonds is 6. The van der Waals surface area contributed by atoms with Crippen LogP contribution >= 0.6 is 0 Å². The Bertz CT molecular complexity index is 419. The molecular weight excluding hydrogens is 228 g/mol. The molecule has 0 N–H and O–H groups in total. The fraction of sp³-hybridized carbons (Fsp3) is 0.267. The Morgan fingerprint density at radius 2 is 1.94 bits per heavy atom. The second-order valence-corrected chi connectivity index (χ2v) is 3.73. The minimum absolute atomic E-state index is 0.321. The summed E-state index contributed by atoms with van der Waals surface area (Å²) in [5.74, 6) is -0.321. The number of carbonyl (C=O) groups excluding carboxylic acids is 1. The summed E-state index contributed by atoms with van der Waals surface area (Å²) in [6.45, 7) is 2.62. The molecule has 1 rings (SSSR count). The zero-order chi connectivity index (χ0) is 13.2. The van der Waals surface area contributed by atoms with Crippen molar-refractivity contribution in [3.8, 4) is 0 Å². The molecule has 0 amide bonds. The summed E-state index contributed by atoms with van der Waals surface area (Å²) in [6.07, 6.45) is 5.65. The third kappa shape index (κ3) is 5.46. The van der Waals surface area contributed by atoms with Crippen molar-refractivity contribution in [1.29, 1.82) is 0 Å². The Balaban J connectivity index is 2.23. The number of methoxy groups -OCH3 is 1. The van der Waals surface area contributed by atoms with E-state index in [1.807, 2.05) is 42.5 Å². The maximum Gasteiger partial charge on any atom is 0.333 e. The van der Waals surface area contributed by atoms with E-state index in [0.29, 0.717) is 18.8 Å². The third-order valence-electron chi connectivity index (χ3n) is 2.34. The van der Waals surface area contributed by atoms with Crippen LogP contribution in [0.4, 0.5) is 0 Å². The largest absolute Gasteiger partial charge is 0.466 e. The smallest absolute Gasteiger partial charge is 0.333 e. The van der Waals surface area contributed by atoms with Gasteiger partial charge in [0.15, 0.2) is 0 Å². The minimum atomic E-state index is -0.321. The molecule has 0 saturated heterocycles. The molecule has 18 heavy (non-hydrogen) atoms. The van der Waals surface area contributed by atoms with Crippen LogP contribution in [0.1, 0.15) is 12.5 Å². The number of carbonyl (C=O) groups is 1. The summed E-state index contributed by atoms with van der Waals surface area (Å²) < 4.78 is 9.92. The van der Waals surface area contributed by atoms with Crippen molar-refractivity contribution < 1.29 is 14.3 Å². The monoisotopic (exact) mass is 246 g/mol. The van der Waals surface area contributed by atoms with Crippen LogP contribution in [-0.4, -0.2) is 26.3 Å². The second kappa shape index (κ2) is 8.25. The Labute approximate surface area is 108 Å². The molecule has 0 fully saturated rings. The van der Waals surface area contributed by atoms with Crippen molar-refractivity contribution in [2.75, 3.05) is 20.3 Å². The van der Waals surface area contributed by atoms with Crippen molar-refractivity contribution in [3.05, 3.63) is 53.6 Å².